The van der Waals surface area contributed by atoms with Gasteiger partial charge in [0, 0.05) is 32.6 Å². The molecule has 0 saturated carbocycles. The Morgan fingerprint density at radius 2 is 2.05 bits per heavy atom. The smallest absolute Gasteiger partial charge is 0.317 e. The highest BCUT2D eigenvalue weighted by atomic mass is 32.2. The summed E-state index contributed by atoms with van der Waals surface area (Å²) < 4.78 is 23.9. The second-order valence-electron chi connectivity index (χ2n) is 4.93. The fourth-order valence-electron chi connectivity index (χ4n) is 2.10. The fourth-order valence-corrected chi connectivity index (χ4v) is 2.57. The minimum atomic E-state index is -3.24. The monoisotopic (exact) mass is 307 g/mol. The molecule has 1 heterocycles. The molecule has 1 aliphatic rings. The standard InChI is InChI=1S/C11H21N3O5S/c1-20(18,19)13-6-5-12-11(17)14-7-4-9(8-14)2-3-10(15)16/h9,13H,2-8H2,1H3,(H,12,17)(H,15,16). The number of hydrogen-bond donors (Lipinski definition) is 3. The Hall–Kier alpha value is -1.35. The van der Waals surface area contributed by atoms with Gasteiger partial charge in [-0.25, -0.2) is 17.9 Å². The Morgan fingerprint density at radius 3 is 2.65 bits per heavy atom. The number of hydrogen-bond acceptors (Lipinski definition) is 4. The zero-order chi connectivity index (χ0) is 15.2. The predicted octanol–water partition coefficient (Wildman–Crippen LogP) is -0.568. The van der Waals surface area contributed by atoms with Gasteiger partial charge in [0.15, 0.2) is 0 Å². The van der Waals surface area contributed by atoms with Crippen LogP contribution in [-0.2, 0) is 14.8 Å². The van der Waals surface area contributed by atoms with Crippen molar-refractivity contribution in [3.63, 3.8) is 0 Å². The largest absolute Gasteiger partial charge is 0.481 e. The number of nitrogens with zero attached hydrogens (tertiary/aromatic N) is 1. The van der Waals surface area contributed by atoms with Crippen LogP contribution >= 0.6 is 0 Å². The van der Waals surface area contributed by atoms with E-state index in [1.54, 1.807) is 4.90 Å². The molecule has 0 aromatic carbocycles. The van der Waals surface area contributed by atoms with Crippen LogP contribution in [0, 0.1) is 5.92 Å². The molecule has 0 aromatic rings. The van der Waals surface area contributed by atoms with Crippen molar-refractivity contribution >= 4 is 22.0 Å². The molecule has 0 spiro atoms. The van der Waals surface area contributed by atoms with Crippen LogP contribution in [-0.4, -0.2) is 62.9 Å². The number of nitrogens with one attached hydrogen (secondary N) is 2. The van der Waals surface area contributed by atoms with Gasteiger partial charge in [0.1, 0.15) is 0 Å². The van der Waals surface area contributed by atoms with Crippen molar-refractivity contribution in [2.45, 2.75) is 19.3 Å². The molecule has 20 heavy (non-hydrogen) atoms. The number of carboxylic acid groups (broad SMARTS) is 1. The van der Waals surface area contributed by atoms with E-state index in [4.69, 9.17) is 5.11 Å². The van der Waals surface area contributed by atoms with Gasteiger partial charge >= 0.3 is 12.0 Å². The maximum atomic E-state index is 11.8. The molecular formula is C11H21N3O5S. The van der Waals surface area contributed by atoms with Crippen molar-refractivity contribution < 1.29 is 23.1 Å². The average Bonchev–Trinajstić information content (AvgIpc) is 2.79. The molecule has 0 aliphatic carbocycles. The van der Waals surface area contributed by atoms with E-state index < -0.39 is 16.0 Å². The predicted molar refractivity (Wildman–Crippen MR) is 72.8 cm³/mol. The molecule has 0 radical (unpaired) electrons. The number of urea groups is 1. The summed E-state index contributed by atoms with van der Waals surface area (Å²) >= 11 is 0. The molecule has 8 nitrogen and oxygen atoms in total. The Bertz CT molecular complexity index is 451. The van der Waals surface area contributed by atoms with Gasteiger partial charge in [-0.05, 0) is 18.8 Å². The number of amides is 2. The molecule has 0 bridgehead atoms. The Labute approximate surface area is 118 Å². The van der Waals surface area contributed by atoms with Gasteiger partial charge in [0.25, 0.3) is 0 Å². The van der Waals surface area contributed by atoms with Gasteiger partial charge in [-0.2, -0.15) is 0 Å². The lowest BCUT2D eigenvalue weighted by atomic mass is 10.0. The minimum absolute atomic E-state index is 0.123. The van der Waals surface area contributed by atoms with Crippen LogP contribution in [0.2, 0.25) is 0 Å². The van der Waals surface area contributed by atoms with Gasteiger partial charge in [-0.3, -0.25) is 4.79 Å². The van der Waals surface area contributed by atoms with Crippen LogP contribution in [0.3, 0.4) is 0 Å². The average molecular weight is 307 g/mol. The molecule has 1 unspecified atom stereocenters. The number of sulfonamides is 1. The molecule has 9 heteroatoms. The van der Waals surface area contributed by atoms with Crippen molar-refractivity contribution in [3.8, 4) is 0 Å². The van der Waals surface area contributed by atoms with Crippen LogP contribution in [0.25, 0.3) is 0 Å². The summed E-state index contributed by atoms with van der Waals surface area (Å²) in [7, 11) is -3.24. The number of rotatable bonds is 7. The highest BCUT2D eigenvalue weighted by molar-refractivity contribution is 7.88. The van der Waals surface area contributed by atoms with E-state index in [0.29, 0.717) is 19.5 Å². The van der Waals surface area contributed by atoms with E-state index in [1.807, 2.05) is 0 Å². The van der Waals surface area contributed by atoms with Gasteiger partial charge in [0.2, 0.25) is 10.0 Å². The first kappa shape index (κ1) is 16.7. The maximum Gasteiger partial charge on any atom is 0.317 e. The van der Waals surface area contributed by atoms with E-state index in [-0.39, 0.29) is 31.5 Å². The Kier molecular flexibility index (Phi) is 6.21. The van der Waals surface area contributed by atoms with Gasteiger partial charge in [0.05, 0.1) is 6.26 Å². The van der Waals surface area contributed by atoms with Crippen molar-refractivity contribution in [1.82, 2.24) is 14.9 Å². The first-order valence-corrected chi connectivity index (χ1v) is 8.36. The summed E-state index contributed by atoms with van der Waals surface area (Å²) in [6.45, 7) is 1.54. The van der Waals surface area contributed by atoms with Gasteiger partial charge in [-0.1, -0.05) is 0 Å². The third-order valence-corrected chi connectivity index (χ3v) is 3.83. The van der Waals surface area contributed by atoms with Gasteiger partial charge < -0.3 is 15.3 Å². The summed E-state index contributed by atoms with van der Waals surface area (Å²) in [4.78, 5) is 23.9. The summed E-state index contributed by atoms with van der Waals surface area (Å²) in [6.07, 6.45) is 2.57. The lowest BCUT2D eigenvalue weighted by molar-refractivity contribution is -0.137. The second kappa shape index (κ2) is 7.44. The second-order valence-corrected chi connectivity index (χ2v) is 6.76. The van der Waals surface area contributed by atoms with E-state index in [2.05, 4.69) is 10.0 Å². The number of likely N-dealkylation sites (tertiary alicyclic amines) is 1. The van der Waals surface area contributed by atoms with Crippen molar-refractivity contribution in [2.75, 3.05) is 32.4 Å². The first-order valence-electron chi connectivity index (χ1n) is 6.47. The molecule has 1 rings (SSSR count). The number of carboxylic acids is 1. The molecule has 0 aromatic heterocycles. The minimum Gasteiger partial charge on any atom is -0.481 e. The van der Waals surface area contributed by atoms with Crippen LogP contribution < -0.4 is 10.0 Å². The van der Waals surface area contributed by atoms with Crippen molar-refractivity contribution in [2.24, 2.45) is 5.92 Å². The molecule has 116 valence electrons. The molecule has 3 N–H and O–H groups in total. The van der Waals surface area contributed by atoms with E-state index >= 15 is 0 Å². The molecular weight excluding hydrogens is 286 g/mol. The lowest BCUT2D eigenvalue weighted by Gasteiger charge is -2.17. The highest BCUT2D eigenvalue weighted by Gasteiger charge is 2.26. The number of aliphatic carboxylic acids is 1. The topological polar surface area (TPSA) is 116 Å². The third kappa shape index (κ3) is 6.71. The van der Waals surface area contributed by atoms with E-state index in [9.17, 15) is 18.0 Å². The van der Waals surface area contributed by atoms with Crippen LogP contribution in [0.5, 0.6) is 0 Å². The van der Waals surface area contributed by atoms with E-state index in [0.717, 1.165) is 12.7 Å². The zero-order valence-corrected chi connectivity index (χ0v) is 12.3. The highest BCUT2D eigenvalue weighted by Crippen LogP contribution is 2.20. The molecule has 1 saturated heterocycles. The number of carbonyl (C=O) groups is 2. The van der Waals surface area contributed by atoms with Crippen LogP contribution in [0.15, 0.2) is 0 Å². The number of carbonyl (C=O) groups excluding carboxylic acids is 1. The van der Waals surface area contributed by atoms with Crippen molar-refractivity contribution in [3.05, 3.63) is 0 Å². The summed E-state index contributed by atoms with van der Waals surface area (Å²) in [5.74, 6) is -0.592. The van der Waals surface area contributed by atoms with Crippen LogP contribution in [0.4, 0.5) is 4.79 Å². The summed E-state index contributed by atoms with van der Waals surface area (Å²) in [5.41, 5.74) is 0. The first-order chi connectivity index (χ1) is 9.28. The van der Waals surface area contributed by atoms with Gasteiger partial charge in [-0.15, -0.1) is 0 Å². The molecule has 1 fully saturated rings. The Balaban J connectivity index is 2.20. The maximum absolute atomic E-state index is 11.8. The SMILES string of the molecule is CS(=O)(=O)NCCNC(=O)N1CCC(CCC(=O)O)C1. The molecule has 2 amide bonds. The summed E-state index contributed by atoms with van der Waals surface area (Å²) in [5, 5.41) is 11.2. The quantitative estimate of drug-likeness (QED) is 0.545. The summed E-state index contributed by atoms with van der Waals surface area (Å²) in [6, 6.07) is -0.238. The third-order valence-electron chi connectivity index (χ3n) is 3.10. The fraction of sp³-hybridized carbons (Fsp3) is 0.818. The van der Waals surface area contributed by atoms with E-state index in [1.165, 1.54) is 0 Å². The molecule has 1 atom stereocenters. The van der Waals surface area contributed by atoms with Crippen LogP contribution in [0.1, 0.15) is 19.3 Å². The molecule has 1 aliphatic heterocycles. The normalized spacial score (nSPS) is 19.1. The lowest BCUT2D eigenvalue weighted by Crippen LogP contribution is -2.41. The Morgan fingerprint density at radius 1 is 1.35 bits per heavy atom. The zero-order valence-electron chi connectivity index (χ0n) is 11.5. The van der Waals surface area contributed by atoms with Crippen molar-refractivity contribution in [1.29, 1.82) is 0 Å².